The number of carbonyl (C=O) groups excluding carboxylic acids is 1. The Morgan fingerprint density at radius 1 is 1.26 bits per heavy atom. The zero-order valence-electron chi connectivity index (χ0n) is 15.7. The molecule has 2 aliphatic rings. The predicted octanol–water partition coefficient (Wildman–Crippen LogP) is 2.91. The zero-order valence-corrected chi connectivity index (χ0v) is 15.7. The van der Waals surface area contributed by atoms with Gasteiger partial charge < -0.3 is 13.6 Å². The van der Waals surface area contributed by atoms with E-state index in [-0.39, 0.29) is 18.1 Å². The van der Waals surface area contributed by atoms with Crippen molar-refractivity contribution in [2.75, 3.05) is 26.2 Å². The highest BCUT2D eigenvalue weighted by Gasteiger charge is 2.36. The third-order valence-electron chi connectivity index (χ3n) is 5.12. The zero-order chi connectivity index (χ0) is 18.8. The SMILES string of the molecule is CC(C)[C@@H]1CN(CC(=O)N2N=C(c3ccco3)C[C@H]2c2ccco2)CCO1. The van der Waals surface area contributed by atoms with Crippen LogP contribution >= 0.6 is 0 Å². The monoisotopic (exact) mass is 371 g/mol. The van der Waals surface area contributed by atoms with E-state index in [0.29, 0.717) is 31.3 Å². The van der Waals surface area contributed by atoms with Crippen LogP contribution in [0.3, 0.4) is 0 Å². The van der Waals surface area contributed by atoms with Crippen LogP contribution in [0.5, 0.6) is 0 Å². The van der Waals surface area contributed by atoms with Gasteiger partial charge in [-0.15, -0.1) is 0 Å². The molecule has 0 spiro atoms. The van der Waals surface area contributed by atoms with Crippen LogP contribution < -0.4 is 0 Å². The maximum absolute atomic E-state index is 13.1. The molecule has 0 radical (unpaired) electrons. The second-order valence-corrected chi connectivity index (χ2v) is 7.39. The molecular formula is C20H25N3O4. The molecule has 0 bridgehead atoms. The van der Waals surface area contributed by atoms with E-state index in [4.69, 9.17) is 13.6 Å². The summed E-state index contributed by atoms with van der Waals surface area (Å²) in [6, 6.07) is 7.16. The number of morpholine rings is 1. The van der Waals surface area contributed by atoms with Crippen LogP contribution in [-0.2, 0) is 9.53 Å². The quantitative estimate of drug-likeness (QED) is 0.808. The fourth-order valence-corrected chi connectivity index (χ4v) is 3.58. The Kier molecular flexibility index (Phi) is 5.13. The number of ether oxygens (including phenoxy) is 1. The molecule has 0 aliphatic carbocycles. The Balaban J connectivity index is 1.50. The molecule has 7 heteroatoms. The number of rotatable bonds is 5. The van der Waals surface area contributed by atoms with Crippen LogP contribution in [0, 0.1) is 5.92 Å². The van der Waals surface area contributed by atoms with E-state index >= 15 is 0 Å². The van der Waals surface area contributed by atoms with Crippen molar-refractivity contribution in [1.29, 1.82) is 0 Å². The van der Waals surface area contributed by atoms with Gasteiger partial charge in [0.15, 0.2) is 0 Å². The van der Waals surface area contributed by atoms with Gasteiger partial charge in [0.25, 0.3) is 5.91 Å². The molecule has 1 amide bonds. The van der Waals surface area contributed by atoms with Gasteiger partial charge in [0.1, 0.15) is 23.3 Å². The normalized spacial score (nSPS) is 23.8. The first-order valence-electron chi connectivity index (χ1n) is 9.42. The molecule has 0 unspecified atom stereocenters. The van der Waals surface area contributed by atoms with Crippen molar-refractivity contribution in [3.8, 4) is 0 Å². The standard InChI is InChI=1S/C20H25N3O4/c1-14(2)19-12-22(7-10-27-19)13-20(24)23-16(18-6-4-9-26-18)11-15(21-23)17-5-3-8-25-17/h3-6,8-9,14,16,19H,7,10-13H2,1-2H3/t16-,19-/m0/s1. The number of amides is 1. The van der Waals surface area contributed by atoms with Crippen molar-refractivity contribution in [2.45, 2.75) is 32.4 Å². The summed E-state index contributed by atoms with van der Waals surface area (Å²) in [6.07, 6.45) is 3.97. The molecule has 1 fully saturated rings. The van der Waals surface area contributed by atoms with Gasteiger partial charge in [-0.3, -0.25) is 9.69 Å². The van der Waals surface area contributed by atoms with Crippen LogP contribution in [0.4, 0.5) is 0 Å². The van der Waals surface area contributed by atoms with Crippen LogP contribution in [0.2, 0.25) is 0 Å². The fraction of sp³-hybridized carbons (Fsp3) is 0.500. The molecule has 2 atom stereocenters. The first-order chi connectivity index (χ1) is 13.1. The Morgan fingerprint density at radius 3 is 2.78 bits per heavy atom. The predicted molar refractivity (Wildman–Crippen MR) is 99.2 cm³/mol. The Hall–Kier alpha value is -2.38. The first-order valence-corrected chi connectivity index (χ1v) is 9.42. The molecular weight excluding hydrogens is 346 g/mol. The Bertz CT molecular complexity index is 782. The largest absolute Gasteiger partial charge is 0.467 e. The highest BCUT2D eigenvalue weighted by atomic mass is 16.5. The Morgan fingerprint density at radius 2 is 2.07 bits per heavy atom. The van der Waals surface area contributed by atoms with Crippen molar-refractivity contribution >= 4 is 11.6 Å². The van der Waals surface area contributed by atoms with Gasteiger partial charge in [0.2, 0.25) is 0 Å². The minimum atomic E-state index is -0.241. The molecule has 0 N–H and O–H groups in total. The average molecular weight is 371 g/mol. The summed E-state index contributed by atoms with van der Waals surface area (Å²) in [7, 11) is 0. The Labute approximate surface area is 158 Å². The third-order valence-corrected chi connectivity index (χ3v) is 5.12. The summed E-state index contributed by atoms with van der Waals surface area (Å²) in [6.45, 7) is 6.77. The number of carbonyl (C=O) groups is 1. The molecule has 2 aromatic heterocycles. The summed E-state index contributed by atoms with van der Waals surface area (Å²) in [4.78, 5) is 15.2. The third kappa shape index (κ3) is 3.84. The van der Waals surface area contributed by atoms with Crippen LogP contribution in [0.1, 0.15) is 37.8 Å². The molecule has 144 valence electrons. The lowest BCUT2D eigenvalue weighted by Crippen LogP contribution is -2.48. The van der Waals surface area contributed by atoms with Crippen LogP contribution in [0.25, 0.3) is 0 Å². The van der Waals surface area contributed by atoms with Gasteiger partial charge in [0.05, 0.1) is 31.8 Å². The van der Waals surface area contributed by atoms with Crippen molar-refractivity contribution in [3.05, 3.63) is 48.3 Å². The van der Waals surface area contributed by atoms with Gasteiger partial charge in [0, 0.05) is 19.5 Å². The molecule has 1 saturated heterocycles. The number of furan rings is 2. The van der Waals surface area contributed by atoms with E-state index < -0.39 is 0 Å². The molecule has 4 rings (SSSR count). The van der Waals surface area contributed by atoms with Gasteiger partial charge in [-0.05, 0) is 30.2 Å². The lowest BCUT2D eigenvalue weighted by atomic mass is 10.1. The van der Waals surface area contributed by atoms with E-state index in [1.807, 2.05) is 24.3 Å². The fourth-order valence-electron chi connectivity index (χ4n) is 3.58. The number of nitrogens with zero attached hydrogens (tertiary/aromatic N) is 3. The maximum atomic E-state index is 13.1. The summed E-state index contributed by atoms with van der Waals surface area (Å²) in [5.41, 5.74) is 0.761. The highest BCUT2D eigenvalue weighted by Crippen LogP contribution is 2.33. The molecule has 2 aromatic rings. The summed E-state index contributed by atoms with van der Waals surface area (Å²) < 4.78 is 16.8. The molecule has 2 aliphatic heterocycles. The number of hydrogen-bond acceptors (Lipinski definition) is 6. The van der Waals surface area contributed by atoms with Crippen LogP contribution in [0.15, 0.2) is 50.7 Å². The van der Waals surface area contributed by atoms with Gasteiger partial charge >= 0.3 is 0 Å². The highest BCUT2D eigenvalue weighted by molar-refractivity contribution is 6.01. The van der Waals surface area contributed by atoms with Crippen molar-refractivity contribution in [2.24, 2.45) is 11.0 Å². The van der Waals surface area contributed by atoms with E-state index in [1.54, 1.807) is 17.5 Å². The molecule has 7 nitrogen and oxygen atoms in total. The van der Waals surface area contributed by atoms with Crippen molar-refractivity contribution in [1.82, 2.24) is 9.91 Å². The minimum absolute atomic E-state index is 0.0395. The second-order valence-electron chi connectivity index (χ2n) is 7.39. The van der Waals surface area contributed by atoms with Crippen LogP contribution in [-0.4, -0.2) is 53.9 Å². The average Bonchev–Trinajstić information content (AvgIpc) is 3.41. The van der Waals surface area contributed by atoms with Gasteiger partial charge in [-0.25, -0.2) is 5.01 Å². The van der Waals surface area contributed by atoms with E-state index in [0.717, 1.165) is 24.6 Å². The van der Waals surface area contributed by atoms with E-state index in [2.05, 4.69) is 23.8 Å². The smallest absolute Gasteiger partial charge is 0.257 e. The van der Waals surface area contributed by atoms with Gasteiger partial charge in [-0.2, -0.15) is 5.10 Å². The number of hydrazone groups is 1. The van der Waals surface area contributed by atoms with E-state index in [9.17, 15) is 4.79 Å². The minimum Gasteiger partial charge on any atom is -0.467 e. The molecule has 0 aromatic carbocycles. The summed E-state index contributed by atoms with van der Waals surface area (Å²) in [5.74, 6) is 1.81. The lowest BCUT2D eigenvalue weighted by Gasteiger charge is -2.35. The van der Waals surface area contributed by atoms with Crippen molar-refractivity contribution in [3.63, 3.8) is 0 Å². The second kappa shape index (κ2) is 7.70. The molecule has 27 heavy (non-hydrogen) atoms. The van der Waals surface area contributed by atoms with Crippen molar-refractivity contribution < 1.29 is 18.4 Å². The van der Waals surface area contributed by atoms with Gasteiger partial charge in [-0.1, -0.05) is 13.8 Å². The first kappa shape index (κ1) is 18.0. The maximum Gasteiger partial charge on any atom is 0.257 e. The molecule has 4 heterocycles. The van der Waals surface area contributed by atoms with E-state index in [1.165, 1.54) is 0 Å². The lowest BCUT2D eigenvalue weighted by molar-refractivity contribution is -0.137. The summed E-state index contributed by atoms with van der Waals surface area (Å²) in [5, 5.41) is 6.13. The number of hydrogen-bond donors (Lipinski definition) is 0. The summed E-state index contributed by atoms with van der Waals surface area (Å²) >= 11 is 0. The molecule has 0 saturated carbocycles. The topological polar surface area (TPSA) is 71.4 Å².